The third kappa shape index (κ3) is 2.98. The van der Waals surface area contributed by atoms with Gasteiger partial charge in [-0.1, -0.05) is 30.3 Å². The number of hydrogen-bond acceptors (Lipinski definition) is 4. The van der Waals surface area contributed by atoms with Gasteiger partial charge in [-0.15, -0.1) is 0 Å². The fraction of sp³-hybridized carbons (Fsp3) is 0.200. The smallest absolute Gasteiger partial charge is 0.143 e. The van der Waals surface area contributed by atoms with Gasteiger partial charge in [0, 0.05) is 18.4 Å². The maximum absolute atomic E-state index is 6.15. The number of ether oxygens (including phenoxy) is 2. The highest BCUT2D eigenvalue weighted by Gasteiger charge is 2.11. The first-order valence-corrected chi connectivity index (χ1v) is 6.09. The fourth-order valence-corrected chi connectivity index (χ4v) is 1.91. The van der Waals surface area contributed by atoms with E-state index in [-0.39, 0.29) is 0 Å². The molecule has 0 aliphatic rings. The predicted octanol–water partition coefficient (Wildman–Crippen LogP) is 2.54. The Kier molecular flexibility index (Phi) is 4.26. The molecule has 0 spiro atoms. The molecule has 0 aliphatic heterocycles. The van der Waals surface area contributed by atoms with E-state index < -0.39 is 0 Å². The molecule has 0 amide bonds. The molecule has 100 valence electrons. The second-order valence-electron chi connectivity index (χ2n) is 4.15. The first-order valence-electron chi connectivity index (χ1n) is 6.09. The number of rotatable bonds is 5. The van der Waals surface area contributed by atoms with E-state index in [9.17, 15) is 0 Å². The summed E-state index contributed by atoms with van der Waals surface area (Å²) in [7, 11) is 1.63. The molecule has 0 heterocycles. The minimum absolute atomic E-state index is 0.457. The van der Waals surface area contributed by atoms with Crippen LogP contribution in [0.15, 0.2) is 42.5 Å². The summed E-state index contributed by atoms with van der Waals surface area (Å²) in [5.74, 6) is 0.630. The Balaban J connectivity index is 2.35. The predicted molar refractivity (Wildman–Crippen MR) is 78.1 cm³/mol. The van der Waals surface area contributed by atoms with Crippen molar-refractivity contribution in [2.75, 3.05) is 31.8 Å². The van der Waals surface area contributed by atoms with Gasteiger partial charge in [0.1, 0.15) is 12.4 Å². The highest BCUT2D eigenvalue weighted by molar-refractivity contribution is 5.89. The van der Waals surface area contributed by atoms with Crippen molar-refractivity contribution in [1.29, 1.82) is 0 Å². The number of methoxy groups -OCH3 is 1. The second kappa shape index (κ2) is 6.11. The van der Waals surface area contributed by atoms with Crippen LogP contribution in [0.2, 0.25) is 0 Å². The Bertz CT molecular complexity index is 541. The summed E-state index contributed by atoms with van der Waals surface area (Å²) in [6, 6.07) is 13.4. The van der Waals surface area contributed by atoms with Crippen molar-refractivity contribution in [1.82, 2.24) is 0 Å². The van der Waals surface area contributed by atoms with E-state index in [0.717, 1.165) is 11.1 Å². The summed E-state index contributed by atoms with van der Waals surface area (Å²) in [5.41, 5.74) is 15.2. The molecule has 4 nitrogen and oxygen atoms in total. The Morgan fingerprint density at radius 2 is 1.68 bits per heavy atom. The molecule has 2 aromatic rings. The van der Waals surface area contributed by atoms with Gasteiger partial charge in [0.05, 0.1) is 12.3 Å². The van der Waals surface area contributed by atoms with Gasteiger partial charge in [-0.2, -0.15) is 0 Å². The van der Waals surface area contributed by atoms with Gasteiger partial charge < -0.3 is 20.9 Å². The van der Waals surface area contributed by atoms with Crippen molar-refractivity contribution in [3.63, 3.8) is 0 Å². The standard InChI is InChI=1S/C15H18N2O2/c1-18-9-10-19-13-8-7-12(16)14(15(13)17)11-5-3-2-4-6-11/h2-8H,9-10,16-17H2,1H3. The summed E-state index contributed by atoms with van der Waals surface area (Å²) in [6.45, 7) is 0.976. The van der Waals surface area contributed by atoms with Crippen LogP contribution in [0.1, 0.15) is 0 Å². The minimum Gasteiger partial charge on any atom is -0.489 e. The van der Waals surface area contributed by atoms with Crippen molar-refractivity contribution >= 4 is 11.4 Å². The maximum atomic E-state index is 6.15. The molecular formula is C15H18N2O2. The average molecular weight is 258 g/mol. The number of benzene rings is 2. The van der Waals surface area contributed by atoms with Gasteiger partial charge in [-0.05, 0) is 17.7 Å². The van der Waals surface area contributed by atoms with E-state index in [1.54, 1.807) is 19.2 Å². The monoisotopic (exact) mass is 258 g/mol. The van der Waals surface area contributed by atoms with Crippen molar-refractivity contribution in [3.05, 3.63) is 42.5 Å². The van der Waals surface area contributed by atoms with Crippen molar-refractivity contribution in [2.24, 2.45) is 0 Å². The van der Waals surface area contributed by atoms with Crippen LogP contribution in [-0.4, -0.2) is 20.3 Å². The Morgan fingerprint density at radius 1 is 0.947 bits per heavy atom. The molecule has 0 saturated carbocycles. The number of anilines is 2. The molecule has 0 radical (unpaired) electrons. The lowest BCUT2D eigenvalue weighted by molar-refractivity contribution is 0.147. The van der Waals surface area contributed by atoms with E-state index in [0.29, 0.717) is 30.3 Å². The molecule has 0 aromatic heterocycles. The van der Waals surface area contributed by atoms with Crippen LogP contribution >= 0.6 is 0 Å². The highest BCUT2D eigenvalue weighted by Crippen LogP contribution is 2.37. The van der Waals surface area contributed by atoms with Crippen LogP contribution in [0.4, 0.5) is 11.4 Å². The van der Waals surface area contributed by atoms with Crippen LogP contribution in [-0.2, 0) is 4.74 Å². The second-order valence-corrected chi connectivity index (χ2v) is 4.15. The zero-order valence-electron chi connectivity index (χ0n) is 10.9. The molecule has 4 N–H and O–H groups in total. The van der Waals surface area contributed by atoms with E-state index in [2.05, 4.69) is 0 Å². The van der Waals surface area contributed by atoms with Gasteiger partial charge in [0.25, 0.3) is 0 Å². The van der Waals surface area contributed by atoms with Gasteiger partial charge in [-0.3, -0.25) is 0 Å². The lowest BCUT2D eigenvalue weighted by Gasteiger charge is -2.14. The summed E-state index contributed by atoms with van der Waals surface area (Å²) < 4.78 is 10.5. The molecule has 0 atom stereocenters. The summed E-state index contributed by atoms with van der Waals surface area (Å²) in [6.07, 6.45) is 0. The van der Waals surface area contributed by atoms with E-state index in [1.807, 2.05) is 30.3 Å². The molecule has 0 fully saturated rings. The molecule has 0 saturated heterocycles. The molecule has 0 aliphatic carbocycles. The number of nitrogen functional groups attached to an aromatic ring is 2. The van der Waals surface area contributed by atoms with Crippen LogP contribution in [0.3, 0.4) is 0 Å². The number of hydrogen-bond donors (Lipinski definition) is 2. The highest BCUT2D eigenvalue weighted by atomic mass is 16.5. The molecular weight excluding hydrogens is 240 g/mol. The van der Waals surface area contributed by atoms with Gasteiger partial charge in [-0.25, -0.2) is 0 Å². The van der Waals surface area contributed by atoms with Gasteiger partial charge in [0.15, 0.2) is 0 Å². The first-order chi connectivity index (χ1) is 9.24. The van der Waals surface area contributed by atoms with Crippen LogP contribution in [0.5, 0.6) is 5.75 Å². The molecule has 0 unspecified atom stereocenters. The number of nitrogens with two attached hydrogens (primary N) is 2. The lowest BCUT2D eigenvalue weighted by Crippen LogP contribution is -2.07. The van der Waals surface area contributed by atoms with Crippen molar-refractivity contribution in [3.8, 4) is 16.9 Å². The maximum Gasteiger partial charge on any atom is 0.143 e. The molecule has 2 rings (SSSR count). The third-order valence-electron chi connectivity index (χ3n) is 2.85. The van der Waals surface area contributed by atoms with Crippen molar-refractivity contribution < 1.29 is 9.47 Å². The normalized spacial score (nSPS) is 10.4. The topological polar surface area (TPSA) is 70.5 Å². The SMILES string of the molecule is COCCOc1ccc(N)c(-c2ccccc2)c1N. The molecule has 19 heavy (non-hydrogen) atoms. The van der Waals surface area contributed by atoms with Gasteiger partial charge >= 0.3 is 0 Å². The van der Waals surface area contributed by atoms with Crippen LogP contribution in [0.25, 0.3) is 11.1 Å². The molecule has 4 heteroatoms. The summed E-state index contributed by atoms with van der Waals surface area (Å²) in [4.78, 5) is 0. The summed E-state index contributed by atoms with van der Waals surface area (Å²) in [5, 5.41) is 0. The zero-order valence-corrected chi connectivity index (χ0v) is 10.9. The third-order valence-corrected chi connectivity index (χ3v) is 2.85. The minimum atomic E-state index is 0.457. The first kappa shape index (κ1) is 13.2. The van der Waals surface area contributed by atoms with Gasteiger partial charge in [0.2, 0.25) is 0 Å². The largest absolute Gasteiger partial charge is 0.489 e. The van der Waals surface area contributed by atoms with Crippen LogP contribution in [0, 0.1) is 0 Å². The Labute approximate surface area is 112 Å². The molecule has 0 bridgehead atoms. The average Bonchev–Trinajstić information content (AvgIpc) is 2.43. The van der Waals surface area contributed by atoms with Crippen LogP contribution < -0.4 is 16.2 Å². The van der Waals surface area contributed by atoms with E-state index in [1.165, 1.54) is 0 Å². The fourth-order valence-electron chi connectivity index (χ4n) is 1.91. The summed E-state index contributed by atoms with van der Waals surface area (Å²) >= 11 is 0. The quantitative estimate of drug-likeness (QED) is 0.638. The lowest BCUT2D eigenvalue weighted by atomic mass is 10.0. The zero-order chi connectivity index (χ0) is 13.7. The van der Waals surface area contributed by atoms with Crippen molar-refractivity contribution in [2.45, 2.75) is 0 Å². The van der Waals surface area contributed by atoms with E-state index in [4.69, 9.17) is 20.9 Å². The van der Waals surface area contributed by atoms with E-state index >= 15 is 0 Å². The Morgan fingerprint density at radius 3 is 2.37 bits per heavy atom. The molecule has 2 aromatic carbocycles. The Hall–Kier alpha value is -2.20.